The molecule has 1 N–H and O–H groups in total. The van der Waals surface area contributed by atoms with Crippen LogP contribution in [0.15, 0.2) is 17.3 Å². The molecule has 0 amide bonds. The normalized spacial score (nSPS) is 10.8. The lowest BCUT2D eigenvalue weighted by Gasteiger charge is -2.02. The Hall–Kier alpha value is -2.18. The number of aromatic nitrogens is 4. The second kappa shape index (κ2) is 3.76. The van der Waals surface area contributed by atoms with Gasteiger partial charge in [-0.15, -0.1) is 0 Å². The second-order valence-electron chi connectivity index (χ2n) is 3.39. The largest absolute Gasteiger partial charge is 0.481 e. The first-order valence-electron chi connectivity index (χ1n) is 4.68. The Kier molecular flexibility index (Phi) is 2.43. The summed E-state index contributed by atoms with van der Waals surface area (Å²) in [5.74, 6) is -0.946. The predicted molar refractivity (Wildman–Crippen MR) is 55.0 cm³/mol. The molecule has 84 valence electrons. The van der Waals surface area contributed by atoms with E-state index in [0.29, 0.717) is 11.0 Å². The zero-order valence-electron chi connectivity index (χ0n) is 8.62. The number of fused-ring (bicyclic) bond motifs is 1. The minimum atomic E-state index is -0.946. The lowest BCUT2D eigenvalue weighted by molar-refractivity contribution is -0.137. The van der Waals surface area contributed by atoms with Gasteiger partial charge in [0.25, 0.3) is 5.56 Å². The van der Waals surface area contributed by atoms with E-state index in [1.807, 2.05) is 0 Å². The highest BCUT2D eigenvalue weighted by Crippen LogP contribution is 2.03. The number of aliphatic carboxylic acids is 1. The number of carboxylic acids is 1. The van der Waals surface area contributed by atoms with E-state index in [1.54, 1.807) is 7.05 Å². The minimum absolute atomic E-state index is 0.104. The van der Waals surface area contributed by atoms with E-state index in [2.05, 4.69) is 10.1 Å². The molecule has 0 saturated heterocycles. The van der Waals surface area contributed by atoms with E-state index in [9.17, 15) is 9.59 Å². The minimum Gasteiger partial charge on any atom is -0.481 e. The Labute approximate surface area is 89.9 Å². The Bertz CT molecular complexity index is 598. The first-order chi connectivity index (χ1) is 7.59. The molecule has 16 heavy (non-hydrogen) atoms. The number of aryl methyl sites for hydroxylation is 2. The van der Waals surface area contributed by atoms with Gasteiger partial charge in [-0.25, -0.2) is 4.98 Å². The molecule has 0 unspecified atom stereocenters. The van der Waals surface area contributed by atoms with Crippen LogP contribution in [0.25, 0.3) is 11.0 Å². The Morgan fingerprint density at radius 1 is 1.56 bits per heavy atom. The zero-order chi connectivity index (χ0) is 11.7. The lowest BCUT2D eigenvalue weighted by atomic mass is 10.4. The molecule has 0 aliphatic carbocycles. The first kappa shape index (κ1) is 10.3. The number of carbonyl (C=O) groups is 1. The van der Waals surface area contributed by atoms with Crippen LogP contribution < -0.4 is 5.56 Å². The van der Waals surface area contributed by atoms with Crippen LogP contribution in [0.2, 0.25) is 0 Å². The molecule has 2 aromatic heterocycles. The summed E-state index contributed by atoms with van der Waals surface area (Å²) in [5, 5.41) is 12.8. The highest BCUT2D eigenvalue weighted by molar-refractivity contribution is 5.72. The maximum Gasteiger partial charge on any atom is 0.305 e. The number of nitrogens with zero attached hydrogens (tertiary/aromatic N) is 4. The number of hydrogen-bond donors (Lipinski definition) is 1. The molecule has 2 heterocycles. The molecule has 2 aromatic rings. The van der Waals surface area contributed by atoms with Crippen LogP contribution in [-0.4, -0.2) is 30.4 Å². The standard InChI is InChI=1S/C9H10N4O3/c1-12-8-6(4-11-12)9(16)13(5-10-8)3-2-7(14)15/h4-5H,2-3H2,1H3,(H,14,15). The van der Waals surface area contributed by atoms with Crippen molar-refractivity contribution in [2.75, 3.05) is 0 Å². The van der Waals surface area contributed by atoms with Crippen LogP contribution in [0.3, 0.4) is 0 Å². The molecular formula is C9H10N4O3. The summed E-state index contributed by atoms with van der Waals surface area (Å²) in [6.07, 6.45) is 2.67. The fourth-order valence-electron chi connectivity index (χ4n) is 1.44. The monoisotopic (exact) mass is 222 g/mol. The van der Waals surface area contributed by atoms with Gasteiger partial charge in [0, 0.05) is 13.6 Å². The summed E-state index contributed by atoms with van der Waals surface area (Å²) in [6.45, 7) is 0.117. The second-order valence-corrected chi connectivity index (χ2v) is 3.39. The Morgan fingerprint density at radius 3 is 3.00 bits per heavy atom. The van der Waals surface area contributed by atoms with E-state index in [1.165, 1.54) is 21.8 Å². The Morgan fingerprint density at radius 2 is 2.31 bits per heavy atom. The molecule has 0 aromatic carbocycles. The summed E-state index contributed by atoms with van der Waals surface area (Å²) in [4.78, 5) is 26.3. The molecule has 0 aliphatic rings. The van der Waals surface area contributed by atoms with Crippen molar-refractivity contribution >= 4 is 17.0 Å². The average molecular weight is 222 g/mol. The van der Waals surface area contributed by atoms with Crippen molar-refractivity contribution in [1.82, 2.24) is 19.3 Å². The molecule has 7 heteroatoms. The van der Waals surface area contributed by atoms with Crippen LogP contribution in [0.4, 0.5) is 0 Å². The third-order valence-corrected chi connectivity index (χ3v) is 2.28. The fourth-order valence-corrected chi connectivity index (χ4v) is 1.44. The van der Waals surface area contributed by atoms with Crippen LogP contribution in [0, 0.1) is 0 Å². The number of hydrogen-bond acceptors (Lipinski definition) is 4. The summed E-state index contributed by atoms with van der Waals surface area (Å²) in [5.41, 5.74) is 0.232. The SMILES string of the molecule is Cn1ncc2c(=O)n(CCC(=O)O)cnc21. The molecular weight excluding hydrogens is 212 g/mol. The van der Waals surface area contributed by atoms with Crippen molar-refractivity contribution < 1.29 is 9.90 Å². The van der Waals surface area contributed by atoms with Crippen molar-refractivity contribution in [3.05, 3.63) is 22.9 Å². The van der Waals surface area contributed by atoms with E-state index >= 15 is 0 Å². The van der Waals surface area contributed by atoms with E-state index in [4.69, 9.17) is 5.11 Å². The molecule has 0 fully saturated rings. The molecule has 0 aliphatic heterocycles. The summed E-state index contributed by atoms with van der Waals surface area (Å²) in [6, 6.07) is 0. The average Bonchev–Trinajstić information content (AvgIpc) is 2.60. The molecule has 2 rings (SSSR count). The topological polar surface area (TPSA) is 90.0 Å². The van der Waals surface area contributed by atoms with Gasteiger partial charge in [-0.05, 0) is 0 Å². The molecule has 0 spiro atoms. The van der Waals surface area contributed by atoms with E-state index in [-0.39, 0.29) is 18.5 Å². The highest BCUT2D eigenvalue weighted by atomic mass is 16.4. The van der Waals surface area contributed by atoms with Crippen molar-refractivity contribution in [2.24, 2.45) is 7.05 Å². The van der Waals surface area contributed by atoms with Gasteiger partial charge >= 0.3 is 5.97 Å². The van der Waals surface area contributed by atoms with Gasteiger partial charge in [0.1, 0.15) is 5.39 Å². The predicted octanol–water partition coefficient (Wildman–Crippen LogP) is -0.395. The van der Waals surface area contributed by atoms with Crippen LogP contribution in [0.5, 0.6) is 0 Å². The molecule has 7 nitrogen and oxygen atoms in total. The van der Waals surface area contributed by atoms with Gasteiger partial charge < -0.3 is 5.11 Å². The van der Waals surface area contributed by atoms with Crippen molar-refractivity contribution in [2.45, 2.75) is 13.0 Å². The molecule has 0 bridgehead atoms. The van der Waals surface area contributed by atoms with Crippen molar-refractivity contribution in [3.8, 4) is 0 Å². The van der Waals surface area contributed by atoms with Crippen LogP contribution in [-0.2, 0) is 18.4 Å². The maximum atomic E-state index is 11.8. The first-order valence-corrected chi connectivity index (χ1v) is 4.68. The lowest BCUT2D eigenvalue weighted by Crippen LogP contribution is -2.21. The van der Waals surface area contributed by atoms with Gasteiger partial charge in [-0.2, -0.15) is 5.10 Å². The van der Waals surface area contributed by atoms with E-state index < -0.39 is 5.97 Å². The highest BCUT2D eigenvalue weighted by Gasteiger charge is 2.08. The fraction of sp³-hybridized carbons (Fsp3) is 0.333. The maximum absolute atomic E-state index is 11.8. The van der Waals surface area contributed by atoms with Gasteiger partial charge in [-0.3, -0.25) is 18.8 Å². The molecule has 0 radical (unpaired) electrons. The van der Waals surface area contributed by atoms with Gasteiger partial charge in [-0.1, -0.05) is 0 Å². The molecule has 0 saturated carbocycles. The van der Waals surface area contributed by atoms with E-state index in [0.717, 1.165) is 0 Å². The van der Waals surface area contributed by atoms with Crippen LogP contribution in [0.1, 0.15) is 6.42 Å². The van der Waals surface area contributed by atoms with Gasteiger partial charge in [0.2, 0.25) is 0 Å². The van der Waals surface area contributed by atoms with Gasteiger partial charge in [0.15, 0.2) is 5.65 Å². The van der Waals surface area contributed by atoms with Crippen molar-refractivity contribution in [3.63, 3.8) is 0 Å². The van der Waals surface area contributed by atoms with Gasteiger partial charge in [0.05, 0.1) is 18.9 Å². The Balaban J connectivity index is 2.45. The zero-order valence-corrected chi connectivity index (χ0v) is 8.62. The summed E-state index contributed by atoms with van der Waals surface area (Å²) in [7, 11) is 1.69. The summed E-state index contributed by atoms with van der Waals surface area (Å²) >= 11 is 0. The molecule has 0 atom stereocenters. The quantitative estimate of drug-likeness (QED) is 0.763. The summed E-state index contributed by atoms with van der Waals surface area (Å²) < 4.78 is 2.77. The number of rotatable bonds is 3. The van der Waals surface area contributed by atoms with Crippen LogP contribution >= 0.6 is 0 Å². The van der Waals surface area contributed by atoms with Crippen molar-refractivity contribution in [1.29, 1.82) is 0 Å². The third-order valence-electron chi connectivity index (χ3n) is 2.28. The smallest absolute Gasteiger partial charge is 0.305 e. The third kappa shape index (κ3) is 1.67. The number of carboxylic acid groups (broad SMARTS) is 1.